The minimum atomic E-state index is -1.26. The van der Waals surface area contributed by atoms with Crippen LogP contribution in [0.4, 0.5) is 15.4 Å². The van der Waals surface area contributed by atoms with Gasteiger partial charge >= 0.3 is 24.1 Å². The maximum Gasteiger partial charge on any atom is 0.407 e. The smallest absolute Gasteiger partial charge is 0.407 e. The van der Waals surface area contributed by atoms with Crippen LogP contribution in [0.1, 0.15) is 97.9 Å². The average molecular weight is 1130 g/mol. The number of thioether (sulfide) groups is 1. The molecule has 0 aliphatic rings. The number of alkyl carbamates (subject to hydrolysis) is 2. The number of hydrogen-bond acceptors (Lipinski definition) is 20. The molecular weight excluding hydrogens is 1060 g/mol. The van der Waals surface area contributed by atoms with E-state index in [1.807, 2.05) is 0 Å². The first kappa shape index (κ1) is 63.9. The number of nitrogens with zero attached hydrogens (tertiary/aromatic N) is 4. The van der Waals surface area contributed by atoms with Crippen LogP contribution in [0.3, 0.4) is 0 Å². The fourth-order valence-electron chi connectivity index (χ4n) is 7.20. The van der Waals surface area contributed by atoms with Crippen LogP contribution in [0, 0.1) is 22.7 Å². The topological polar surface area (TPSA) is 333 Å². The van der Waals surface area contributed by atoms with Gasteiger partial charge in [-0.3, -0.25) is 9.59 Å². The van der Waals surface area contributed by atoms with Crippen LogP contribution in [0.2, 0.25) is 5.02 Å². The maximum atomic E-state index is 13.6. The van der Waals surface area contributed by atoms with Crippen molar-refractivity contribution in [1.29, 1.82) is 10.5 Å². The molecule has 8 N–H and O–H groups in total. The second-order valence-electron chi connectivity index (χ2n) is 19.9. The van der Waals surface area contributed by atoms with E-state index in [0.29, 0.717) is 47.9 Å². The van der Waals surface area contributed by atoms with Crippen molar-refractivity contribution in [3.8, 4) is 40.5 Å². The van der Waals surface area contributed by atoms with Crippen LogP contribution < -0.4 is 42.4 Å². The summed E-state index contributed by atoms with van der Waals surface area (Å²) in [6.45, 7) is 12.8. The van der Waals surface area contributed by atoms with Gasteiger partial charge in [0.15, 0.2) is 6.10 Å². The summed E-state index contributed by atoms with van der Waals surface area (Å²) in [5, 5.41) is 37.8. The first-order valence-electron chi connectivity index (χ1n) is 25.3. The summed E-state index contributed by atoms with van der Waals surface area (Å²) in [5.74, 6) is -2.01. The summed E-state index contributed by atoms with van der Waals surface area (Å²) in [4.78, 5) is 86.4. The second kappa shape index (κ2) is 30.5. The summed E-state index contributed by atoms with van der Waals surface area (Å²) < 4.78 is 33.5. The lowest BCUT2D eigenvalue weighted by Crippen LogP contribution is -2.50. The van der Waals surface area contributed by atoms with Crippen molar-refractivity contribution in [3.63, 3.8) is 0 Å². The molecule has 2 aromatic heterocycles. The molecule has 5 atom stereocenters. The molecule has 426 valence electrons. The van der Waals surface area contributed by atoms with Crippen molar-refractivity contribution in [3.05, 3.63) is 76.6 Å². The molecule has 0 fully saturated rings. The Morgan fingerprint density at radius 1 is 0.734 bits per heavy atom. The van der Waals surface area contributed by atoms with Crippen LogP contribution >= 0.6 is 23.4 Å². The van der Waals surface area contributed by atoms with Crippen molar-refractivity contribution < 1.29 is 56.9 Å². The highest BCUT2D eigenvalue weighted by Crippen LogP contribution is 2.37. The van der Waals surface area contributed by atoms with Gasteiger partial charge in [-0.2, -0.15) is 10.5 Å². The van der Waals surface area contributed by atoms with Gasteiger partial charge in [-0.1, -0.05) is 35.5 Å². The predicted octanol–water partition coefficient (Wildman–Crippen LogP) is 6.30. The van der Waals surface area contributed by atoms with Gasteiger partial charge < -0.3 is 65.7 Å². The molecule has 0 spiro atoms. The number of nitrogens with one attached hydrogen (secondary N) is 6. The van der Waals surface area contributed by atoms with E-state index in [2.05, 4.69) is 54.0 Å². The summed E-state index contributed by atoms with van der Waals surface area (Å²) >= 11 is 7.21. The zero-order valence-electron chi connectivity index (χ0n) is 46.0. The Balaban J connectivity index is 1.46. The number of carbonyl (C=O) groups excluding carboxylic acids is 6. The van der Waals surface area contributed by atoms with E-state index in [9.17, 15) is 39.3 Å². The van der Waals surface area contributed by atoms with Crippen LogP contribution in [-0.4, -0.2) is 128 Å². The number of esters is 2. The Labute approximate surface area is 469 Å². The molecule has 79 heavy (non-hydrogen) atoms. The Kier molecular flexibility index (Phi) is 24.7. The number of carbonyl (C=O) groups is 6. The molecule has 0 aliphatic heterocycles. The average Bonchev–Trinajstić information content (AvgIpc) is 3.90. The van der Waals surface area contributed by atoms with Gasteiger partial charge in [0.1, 0.15) is 77.1 Å². The van der Waals surface area contributed by atoms with E-state index in [1.165, 1.54) is 31.9 Å². The highest BCUT2D eigenvalue weighted by atomic mass is 35.5. The lowest BCUT2D eigenvalue weighted by Gasteiger charge is -2.24. The molecule has 0 aliphatic carbocycles. The van der Waals surface area contributed by atoms with Gasteiger partial charge in [-0.05, 0) is 137 Å². The number of rotatable bonds is 27. The summed E-state index contributed by atoms with van der Waals surface area (Å²) in [7, 11) is 3.16. The number of oxazole rings is 1. The van der Waals surface area contributed by atoms with Crippen molar-refractivity contribution >= 4 is 65.1 Å². The number of nitrogens with two attached hydrogens (primary N) is 1. The van der Waals surface area contributed by atoms with Gasteiger partial charge in [-0.25, -0.2) is 29.1 Å². The molecular formula is C54H70ClN11O12S. The molecule has 0 radical (unpaired) electrons. The third kappa shape index (κ3) is 21.3. The van der Waals surface area contributed by atoms with Gasteiger partial charge in [-0.15, -0.1) is 0 Å². The van der Waals surface area contributed by atoms with Gasteiger partial charge in [0.2, 0.25) is 17.7 Å². The monoisotopic (exact) mass is 1130 g/mol. The molecule has 2 aromatic carbocycles. The molecule has 5 unspecified atom stereocenters. The minimum Gasteiger partial charge on any atom is -0.490 e. The lowest BCUT2D eigenvalue weighted by molar-refractivity contribution is -0.163. The van der Waals surface area contributed by atoms with Crippen LogP contribution in [0.5, 0.6) is 5.75 Å². The third-order valence-electron chi connectivity index (χ3n) is 11.1. The van der Waals surface area contributed by atoms with E-state index in [4.69, 9.17) is 45.4 Å². The molecule has 2 heterocycles. The molecule has 0 saturated carbocycles. The second-order valence-corrected chi connectivity index (χ2v) is 21.3. The summed E-state index contributed by atoms with van der Waals surface area (Å²) in [6, 6.07) is 13.7. The number of pyridine rings is 1. The SMILES string of the molecule is CNC(CCCNC(=O)OC(C)(C)C)C(=O)NC(C)C(=O)OCC(COc1ccc(-c2c(C#N)c(N)nc(SCc3coc(-c4ccc(Cl)cc4)n3)c2C#N)cc1)OC(=O)C(C)NC(=O)C(CCCNC(=O)OC(C)(C)C)NC. The first-order chi connectivity index (χ1) is 37.3. The van der Waals surface area contributed by atoms with E-state index in [-0.39, 0.29) is 58.7 Å². The fraction of sp³-hybridized carbons (Fsp3) is 0.481. The van der Waals surface area contributed by atoms with Gasteiger partial charge in [0.25, 0.3) is 0 Å². The zero-order valence-corrected chi connectivity index (χ0v) is 47.6. The molecule has 25 heteroatoms. The Bertz CT molecular complexity index is 2810. The van der Waals surface area contributed by atoms with E-state index in [0.717, 1.165) is 5.56 Å². The van der Waals surface area contributed by atoms with Crippen LogP contribution in [0.15, 0.2) is 64.2 Å². The van der Waals surface area contributed by atoms with Gasteiger partial charge in [0.05, 0.1) is 23.3 Å². The van der Waals surface area contributed by atoms with Crippen molar-refractivity contribution in [2.75, 3.05) is 46.1 Å². The highest BCUT2D eigenvalue weighted by Gasteiger charge is 2.29. The molecule has 4 rings (SSSR count). The minimum absolute atomic E-state index is 0.0215. The number of hydrogen-bond donors (Lipinski definition) is 7. The Hall–Kier alpha value is -7.64. The predicted molar refractivity (Wildman–Crippen MR) is 294 cm³/mol. The quantitative estimate of drug-likeness (QED) is 0.0149. The third-order valence-corrected chi connectivity index (χ3v) is 12.4. The number of benzene rings is 2. The molecule has 4 aromatic rings. The molecule has 0 bridgehead atoms. The summed E-state index contributed by atoms with van der Waals surface area (Å²) in [6.07, 6.45) is 0.458. The van der Waals surface area contributed by atoms with Crippen molar-refractivity contribution in [2.45, 2.75) is 133 Å². The number of likely N-dealkylation sites (N-methyl/N-ethyl adjacent to an activating group) is 2. The number of aromatic nitrogens is 2. The van der Waals surface area contributed by atoms with E-state index >= 15 is 0 Å². The number of amides is 4. The Morgan fingerprint density at radius 2 is 1.25 bits per heavy atom. The number of ether oxygens (including phenoxy) is 5. The standard InChI is InChI=1S/C54H70ClN11O12S/c1-31(63-45(67)41(59-9)13-11-23-61-51(71)77-53(3,4)5)49(69)75-29-38(76-50(70)32(2)64-46(68)42(60-10)14-12-24-62-52(72)78-54(6,7)8)28-73-37-21-17-33(18-22-37)43-39(25-56)44(58)66-48(40(43)26-57)79-30-36-27-74-47(65-36)34-15-19-35(55)20-16-34/h15-22,27,31-32,38,41-42,59-60H,11-14,23-24,28-30H2,1-10H3,(H2,58,66)(H,61,71)(H,62,72)(H,63,67)(H,64,68). The largest absolute Gasteiger partial charge is 0.490 e. The summed E-state index contributed by atoms with van der Waals surface area (Å²) in [5.41, 5.74) is 6.96. The van der Waals surface area contributed by atoms with Crippen LogP contribution in [-0.2, 0) is 43.9 Å². The lowest BCUT2D eigenvalue weighted by atomic mass is 9.97. The normalized spacial score (nSPS) is 13.2. The number of nitrogen functional groups attached to an aromatic ring is 1. The number of nitriles is 2. The highest BCUT2D eigenvalue weighted by molar-refractivity contribution is 7.98. The van der Waals surface area contributed by atoms with Crippen molar-refractivity contribution in [1.82, 2.24) is 41.9 Å². The fourth-order valence-corrected chi connectivity index (χ4v) is 8.20. The number of halogens is 1. The van der Waals surface area contributed by atoms with Crippen LogP contribution in [0.25, 0.3) is 22.6 Å². The number of anilines is 1. The van der Waals surface area contributed by atoms with Gasteiger partial charge in [0, 0.05) is 35.0 Å². The molecule has 23 nitrogen and oxygen atoms in total. The van der Waals surface area contributed by atoms with E-state index in [1.54, 1.807) is 104 Å². The van der Waals surface area contributed by atoms with Crippen molar-refractivity contribution in [2.24, 2.45) is 0 Å². The Morgan fingerprint density at radius 3 is 1.76 bits per heavy atom. The first-order valence-corrected chi connectivity index (χ1v) is 26.7. The molecule has 0 saturated heterocycles. The zero-order chi connectivity index (χ0) is 58.5. The van der Waals surface area contributed by atoms with E-state index < -0.39 is 84.0 Å². The maximum absolute atomic E-state index is 13.6. The molecule has 4 amide bonds.